The molecule has 1 fully saturated rings. The molecule has 34 heavy (non-hydrogen) atoms. The van der Waals surface area contributed by atoms with E-state index < -0.39 is 0 Å². The maximum Gasteiger partial charge on any atom is 0.259 e. The highest BCUT2D eigenvalue weighted by Crippen LogP contribution is 2.36. The van der Waals surface area contributed by atoms with E-state index in [4.69, 9.17) is 10.2 Å². The van der Waals surface area contributed by atoms with Crippen LogP contribution in [-0.2, 0) is 11.2 Å². The Morgan fingerprint density at radius 2 is 1.91 bits per heavy atom. The second-order valence-corrected chi connectivity index (χ2v) is 8.98. The number of amides is 1. The molecule has 1 aromatic carbocycles. The second-order valence-electron chi connectivity index (χ2n) is 8.98. The van der Waals surface area contributed by atoms with Crippen LogP contribution in [0.4, 0.5) is 17.6 Å². The first-order valence-corrected chi connectivity index (χ1v) is 11.6. The van der Waals surface area contributed by atoms with E-state index in [1.165, 1.54) is 10.9 Å². The first-order valence-electron chi connectivity index (χ1n) is 11.6. The molecule has 1 aliphatic carbocycles. The lowest BCUT2D eigenvalue weighted by Crippen LogP contribution is -2.35. The number of aromatic nitrogens is 5. The predicted molar refractivity (Wildman–Crippen MR) is 129 cm³/mol. The number of carbonyl (C=O) groups is 1. The van der Waals surface area contributed by atoms with Gasteiger partial charge in [-0.2, -0.15) is 19.5 Å². The van der Waals surface area contributed by atoms with Crippen LogP contribution in [0.3, 0.4) is 0 Å². The van der Waals surface area contributed by atoms with Gasteiger partial charge in [0, 0.05) is 17.6 Å². The number of anilines is 3. The lowest BCUT2D eigenvalue weighted by Gasteiger charge is -2.32. The summed E-state index contributed by atoms with van der Waals surface area (Å²) in [4.78, 5) is 25.8. The van der Waals surface area contributed by atoms with Gasteiger partial charge in [0.1, 0.15) is 0 Å². The fraction of sp³-hybridized carbons (Fsp3) is 0.375. The molecule has 10 nitrogen and oxygen atoms in total. The highest BCUT2D eigenvalue weighted by molar-refractivity contribution is 5.95. The molecule has 4 aromatic rings. The molecule has 0 radical (unpaired) electrons. The number of carbonyl (C=O) groups excluding carboxylic acids is 1. The van der Waals surface area contributed by atoms with Crippen molar-refractivity contribution in [2.45, 2.75) is 45.4 Å². The van der Waals surface area contributed by atoms with E-state index >= 15 is 0 Å². The monoisotopic (exact) mass is 460 g/mol. The smallest absolute Gasteiger partial charge is 0.259 e. The number of nitrogens with one attached hydrogen (secondary N) is 2. The zero-order chi connectivity index (χ0) is 23.5. The molecule has 0 atom stereocenters. The molecule has 4 N–H and O–H groups in total. The van der Waals surface area contributed by atoms with Crippen LogP contribution in [0.2, 0.25) is 0 Å². The standard InChI is InChI=1S/C24H28N8O2/c1-24(12-3-2-4-13-24)20(33)27-17-9-7-16(8-10-17)11-14-26-22-29-21(25)32-23(30-22)28-19(31-32)18-6-5-15-34-18/h5-10,15H,2-4,11-14H2,1H3,(H,27,33)(H3,25,26,28,29,30,31). The van der Waals surface area contributed by atoms with Crippen LogP contribution in [0.15, 0.2) is 47.1 Å². The van der Waals surface area contributed by atoms with Crippen molar-refractivity contribution in [2.24, 2.45) is 5.41 Å². The van der Waals surface area contributed by atoms with E-state index in [0.29, 0.717) is 29.9 Å². The third-order valence-electron chi connectivity index (χ3n) is 6.39. The van der Waals surface area contributed by atoms with Gasteiger partial charge in [-0.25, -0.2) is 0 Å². The molecule has 0 aliphatic heterocycles. The van der Waals surface area contributed by atoms with Gasteiger partial charge in [0.15, 0.2) is 5.76 Å². The van der Waals surface area contributed by atoms with Crippen LogP contribution >= 0.6 is 0 Å². The zero-order valence-electron chi connectivity index (χ0n) is 19.1. The van der Waals surface area contributed by atoms with Crippen LogP contribution in [0.25, 0.3) is 17.4 Å². The van der Waals surface area contributed by atoms with Gasteiger partial charge < -0.3 is 20.8 Å². The first kappa shape index (κ1) is 21.9. The SMILES string of the molecule is CC1(C(=O)Nc2ccc(CCNc3nc(N)n4nc(-c5ccco5)nc4n3)cc2)CCCCC1. The minimum Gasteiger partial charge on any atom is -0.461 e. The summed E-state index contributed by atoms with van der Waals surface area (Å²) < 4.78 is 6.71. The van der Waals surface area contributed by atoms with Crippen molar-refractivity contribution < 1.29 is 9.21 Å². The molecule has 3 aromatic heterocycles. The number of benzene rings is 1. The predicted octanol–water partition coefficient (Wildman–Crippen LogP) is 3.93. The van der Waals surface area contributed by atoms with Crippen LogP contribution in [0, 0.1) is 5.41 Å². The Hall–Kier alpha value is -3.95. The van der Waals surface area contributed by atoms with Gasteiger partial charge in [0.05, 0.1) is 6.26 Å². The molecular formula is C24H28N8O2. The Morgan fingerprint density at radius 3 is 2.65 bits per heavy atom. The highest BCUT2D eigenvalue weighted by Gasteiger charge is 2.34. The first-order chi connectivity index (χ1) is 16.5. The number of nitrogens with two attached hydrogens (primary N) is 1. The lowest BCUT2D eigenvalue weighted by molar-refractivity contribution is -0.126. The fourth-order valence-electron chi connectivity index (χ4n) is 4.31. The molecule has 0 spiro atoms. The summed E-state index contributed by atoms with van der Waals surface area (Å²) in [6.45, 7) is 2.68. The Bertz CT molecular complexity index is 1270. The average Bonchev–Trinajstić information content (AvgIpc) is 3.51. The van der Waals surface area contributed by atoms with E-state index in [9.17, 15) is 4.79 Å². The number of furan rings is 1. The minimum absolute atomic E-state index is 0.121. The molecule has 5 rings (SSSR count). The summed E-state index contributed by atoms with van der Waals surface area (Å²) >= 11 is 0. The summed E-state index contributed by atoms with van der Waals surface area (Å²) in [5.41, 5.74) is 7.73. The van der Waals surface area contributed by atoms with E-state index in [1.807, 2.05) is 24.3 Å². The number of nitrogens with zero attached hydrogens (tertiary/aromatic N) is 5. The Balaban J connectivity index is 1.17. The Labute approximate surface area is 197 Å². The normalized spacial score (nSPS) is 15.3. The number of rotatable bonds is 7. The number of nitrogen functional groups attached to an aromatic ring is 1. The van der Waals surface area contributed by atoms with Gasteiger partial charge in [-0.05, 0) is 49.1 Å². The molecule has 1 saturated carbocycles. The minimum atomic E-state index is -0.257. The molecule has 3 heterocycles. The summed E-state index contributed by atoms with van der Waals surface area (Å²) in [6.07, 6.45) is 7.70. The molecule has 0 saturated heterocycles. The van der Waals surface area contributed by atoms with Crippen LogP contribution < -0.4 is 16.4 Å². The average molecular weight is 461 g/mol. The summed E-state index contributed by atoms with van der Waals surface area (Å²) in [6, 6.07) is 11.5. The molecular weight excluding hydrogens is 432 g/mol. The summed E-state index contributed by atoms with van der Waals surface area (Å²) in [5, 5.41) is 10.6. The van der Waals surface area contributed by atoms with E-state index in [2.05, 4.69) is 37.6 Å². The van der Waals surface area contributed by atoms with Crippen LogP contribution in [-0.4, -0.2) is 37.0 Å². The van der Waals surface area contributed by atoms with Gasteiger partial charge in [-0.3, -0.25) is 4.79 Å². The molecule has 176 valence electrons. The van der Waals surface area contributed by atoms with Crippen molar-refractivity contribution in [3.8, 4) is 11.6 Å². The van der Waals surface area contributed by atoms with Gasteiger partial charge >= 0.3 is 0 Å². The maximum atomic E-state index is 12.7. The van der Waals surface area contributed by atoms with Crippen molar-refractivity contribution in [1.82, 2.24) is 24.6 Å². The van der Waals surface area contributed by atoms with Gasteiger partial charge in [0.2, 0.25) is 23.6 Å². The van der Waals surface area contributed by atoms with Gasteiger partial charge in [-0.1, -0.05) is 38.3 Å². The zero-order valence-corrected chi connectivity index (χ0v) is 19.1. The van der Waals surface area contributed by atoms with Crippen molar-refractivity contribution in [2.75, 3.05) is 22.9 Å². The van der Waals surface area contributed by atoms with E-state index in [-0.39, 0.29) is 17.3 Å². The molecule has 1 amide bonds. The third kappa shape index (κ3) is 4.57. The summed E-state index contributed by atoms with van der Waals surface area (Å²) in [7, 11) is 0. The number of fused-ring (bicyclic) bond motifs is 1. The van der Waals surface area contributed by atoms with Crippen LogP contribution in [0.5, 0.6) is 0 Å². The molecule has 0 unspecified atom stereocenters. The lowest BCUT2D eigenvalue weighted by atomic mass is 9.75. The van der Waals surface area contributed by atoms with Crippen molar-refractivity contribution in [1.29, 1.82) is 0 Å². The van der Waals surface area contributed by atoms with Gasteiger partial charge in [-0.15, -0.1) is 5.10 Å². The fourth-order valence-corrected chi connectivity index (χ4v) is 4.31. The number of hydrogen-bond donors (Lipinski definition) is 3. The number of hydrogen-bond acceptors (Lipinski definition) is 8. The largest absolute Gasteiger partial charge is 0.461 e. The molecule has 1 aliphatic rings. The highest BCUT2D eigenvalue weighted by atomic mass is 16.3. The Morgan fingerprint density at radius 1 is 1.12 bits per heavy atom. The maximum absolute atomic E-state index is 12.7. The van der Waals surface area contributed by atoms with Crippen LogP contribution in [0.1, 0.15) is 44.6 Å². The van der Waals surface area contributed by atoms with Crippen molar-refractivity contribution >= 4 is 29.3 Å². The quantitative estimate of drug-likeness (QED) is 0.377. The van der Waals surface area contributed by atoms with Gasteiger partial charge in [0.25, 0.3) is 5.78 Å². The molecule has 0 bridgehead atoms. The Kier molecular flexibility index (Phi) is 5.87. The van der Waals surface area contributed by atoms with Crippen molar-refractivity contribution in [3.63, 3.8) is 0 Å². The van der Waals surface area contributed by atoms with E-state index in [0.717, 1.165) is 43.4 Å². The second kappa shape index (κ2) is 9.12. The summed E-state index contributed by atoms with van der Waals surface area (Å²) in [5.74, 6) is 1.96. The third-order valence-corrected chi connectivity index (χ3v) is 6.39. The topological polar surface area (TPSA) is 136 Å². The van der Waals surface area contributed by atoms with E-state index in [1.54, 1.807) is 18.4 Å². The molecule has 10 heteroatoms. The van der Waals surface area contributed by atoms with Crippen molar-refractivity contribution in [3.05, 3.63) is 48.2 Å².